The predicted molar refractivity (Wildman–Crippen MR) is 41.8 cm³/mol. The minimum Gasteiger partial charge on any atom is -0.300 e. The zero-order chi connectivity index (χ0) is 6.97. The monoisotopic (exact) mass is 140 g/mol. The maximum absolute atomic E-state index is 10.9. The molecule has 0 spiro atoms. The molecule has 0 saturated heterocycles. The van der Waals surface area contributed by atoms with E-state index in [4.69, 9.17) is 0 Å². The van der Waals surface area contributed by atoms with E-state index < -0.39 is 0 Å². The molecule has 0 aromatic carbocycles. The van der Waals surface area contributed by atoms with E-state index in [2.05, 4.69) is 0 Å². The molecule has 0 aromatic rings. The second-order valence-corrected chi connectivity index (χ2v) is 3.83. The van der Waals surface area contributed by atoms with Crippen molar-refractivity contribution in [1.29, 1.82) is 0 Å². The largest absolute Gasteiger partial charge is 0.300 e. The zero-order valence-corrected chi connectivity index (χ0v) is 6.31. The van der Waals surface area contributed by atoms with Crippen molar-refractivity contribution in [2.45, 2.75) is 38.5 Å². The molecule has 1 nitrogen and oxygen atoms in total. The lowest BCUT2D eigenvalue weighted by Crippen LogP contribution is -1.95. The van der Waals surface area contributed by atoms with Gasteiger partial charge in [0.15, 0.2) is 0 Å². The van der Waals surface area contributed by atoms with Crippen molar-refractivity contribution < 1.29 is 6.22 Å². The molecule has 2 rings (SSSR count). The van der Waals surface area contributed by atoms with Gasteiger partial charge in [0.25, 0.3) is 0 Å². The minimum absolute atomic E-state index is 0. The fourth-order valence-corrected chi connectivity index (χ4v) is 1.92. The molecule has 2 saturated carbocycles. The summed E-state index contributed by atoms with van der Waals surface area (Å²) in [7, 11) is 0. The zero-order valence-electron chi connectivity index (χ0n) is 6.31. The van der Waals surface area contributed by atoms with Crippen LogP contribution >= 0.6 is 0 Å². The van der Waals surface area contributed by atoms with E-state index >= 15 is 0 Å². The van der Waals surface area contributed by atoms with Crippen LogP contribution in [0.4, 0.5) is 0 Å². The van der Waals surface area contributed by atoms with E-state index in [9.17, 15) is 4.79 Å². The lowest BCUT2D eigenvalue weighted by Gasteiger charge is -2.03. The van der Waals surface area contributed by atoms with Crippen LogP contribution in [0.25, 0.3) is 0 Å². The van der Waals surface area contributed by atoms with Crippen LogP contribution in [-0.2, 0) is 4.79 Å². The number of carbonyl (C=O) groups is 1. The van der Waals surface area contributed by atoms with E-state index in [1.54, 1.807) is 0 Å². The third-order valence-corrected chi connectivity index (χ3v) is 2.71. The van der Waals surface area contributed by atoms with Crippen molar-refractivity contribution in [3.8, 4) is 0 Å². The first kappa shape index (κ1) is 6.38. The van der Waals surface area contributed by atoms with Gasteiger partial charge < -0.3 is 0 Å². The van der Waals surface area contributed by atoms with Crippen LogP contribution in [0.5, 0.6) is 0 Å². The van der Waals surface area contributed by atoms with Crippen LogP contribution in [0.15, 0.2) is 0 Å². The smallest absolute Gasteiger partial charge is 0.133 e. The van der Waals surface area contributed by atoms with Crippen molar-refractivity contribution in [2.24, 2.45) is 11.8 Å². The van der Waals surface area contributed by atoms with E-state index in [-0.39, 0.29) is 1.43 Å². The molecule has 10 heavy (non-hydrogen) atoms. The SMILES string of the molecule is O=C1CCC(CC2CC2)C1.[HH]. The van der Waals surface area contributed by atoms with Gasteiger partial charge >= 0.3 is 0 Å². The van der Waals surface area contributed by atoms with Gasteiger partial charge in [-0.3, -0.25) is 4.79 Å². The second-order valence-electron chi connectivity index (χ2n) is 3.83. The summed E-state index contributed by atoms with van der Waals surface area (Å²) in [5, 5.41) is 0. The Morgan fingerprint density at radius 2 is 2.10 bits per heavy atom. The summed E-state index contributed by atoms with van der Waals surface area (Å²) in [5.41, 5.74) is 0. The highest BCUT2D eigenvalue weighted by molar-refractivity contribution is 5.80. The topological polar surface area (TPSA) is 17.1 Å². The molecule has 2 fully saturated rings. The molecule has 1 atom stereocenters. The summed E-state index contributed by atoms with van der Waals surface area (Å²) in [6.07, 6.45) is 7.18. The van der Waals surface area contributed by atoms with Gasteiger partial charge in [0.05, 0.1) is 0 Å². The number of carbonyl (C=O) groups excluding carboxylic acids is 1. The molecule has 0 amide bonds. The molecule has 0 N–H and O–H groups in total. The number of hydrogen-bond donors (Lipinski definition) is 0. The van der Waals surface area contributed by atoms with Crippen LogP contribution in [0.3, 0.4) is 0 Å². The van der Waals surface area contributed by atoms with Gasteiger partial charge in [0.1, 0.15) is 5.78 Å². The molecule has 1 heteroatoms. The first-order valence-electron chi connectivity index (χ1n) is 4.36. The van der Waals surface area contributed by atoms with E-state index in [0.717, 1.165) is 24.7 Å². The fourth-order valence-electron chi connectivity index (χ4n) is 1.92. The summed E-state index contributed by atoms with van der Waals surface area (Å²) < 4.78 is 0. The molecule has 2 aliphatic rings. The van der Waals surface area contributed by atoms with Gasteiger partial charge in [-0.2, -0.15) is 0 Å². The number of rotatable bonds is 2. The highest BCUT2D eigenvalue weighted by Gasteiger charge is 2.29. The third-order valence-electron chi connectivity index (χ3n) is 2.71. The predicted octanol–water partition coefficient (Wildman–Crippen LogP) is 2.40. The molecule has 0 radical (unpaired) electrons. The number of Topliss-reactive ketones (excluding diaryl/α,β-unsaturated/α-hetero) is 1. The maximum atomic E-state index is 10.9. The molecule has 0 aromatic heterocycles. The Balaban J connectivity index is 0.000000605. The van der Waals surface area contributed by atoms with E-state index in [1.165, 1.54) is 25.7 Å². The minimum atomic E-state index is 0. The van der Waals surface area contributed by atoms with Gasteiger partial charge in [-0.15, -0.1) is 0 Å². The molecule has 1 unspecified atom stereocenters. The Kier molecular flexibility index (Phi) is 1.51. The van der Waals surface area contributed by atoms with Crippen molar-refractivity contribution in [3.05, 3.63) is 0 Å². The van der Waals surface area contributed by atoms with Crippen molar-refractivity contribution in [1.82, 2.24) is 0 Å². The van der Waals surface area contributed by atoms with Gasteiger partial charge in [-0.25, -0.2) is 0 Å². The van der Waals surface area contributed by atoms with Crippen molar-refractivity contribution in [2.75, 3.05) is 0 Å². The third kappa shape index (κ3) is 1.39. The lowest BCUT2D eigenvalue weighted by molar-refractivity contribution is -0.117. The van der Waals surface area contributed by atoms with Crippen LogP contribution in [0.1, 0.15) is 40.0 Å². The first-order chi connectivity index (χ1) is 4.84. The Morgan fingerprint density at radius 1 is 1.30 bits per heavy atom. The summed E-state index contributed by atoms with van der Waals surface area (Å²) in [6, 6.07) is 0. The lowest BCUT2D eigenvalue weighted by atomic mass is 10.0. The molecule has 0 heterocycles. The Labute approximate surface area is 63.3 Å². The summed E-state index contributed by atoms with van der Waals surface area (Å²) >= 11 is 0. The van der Waals surface area contributed by atoms with E-state index in [0.29, 0.717) is 5.78 Å². The normalized spacial score (nSPS) is 33.2. The van der Waals surface area contributed by atoms with Crippen LogP contribution in [0, 0.1) is 11.8 Å². The Hall–Kier alpha value is -0.330. The average Bonchev–Trinajstić information content (AvgIpc) is 2.59. The maximum Gasteiger partial charge on any atom is 0.133 e. The molecular weight excluding hydrogens is 124 g/mol. The van der Waals surface area contributed by atoms with Gasteiger partial charge in [-0.1, -0.05) is 12.8 Å². The van der Waals surface area contributed by atoms with Gasteiger partial charge in [-0.05, 0) is 24.7 Å². The Morgan fingerprint density at radius 3 is 2.60 bits per heavy atom. The second kappa shape index (κ2) is 2.37. The highest BCUT2D eigenvalue weighted by Crippen LogP contribution is 2.39. The van der Waals surface area contributed by atoms with Crippen molar-refractivity contribution >= 4 is 5.78 Å². The number of ketones is 1. The molecular formula is C9H16O. The van der Waals surface area contributed by atoms with E-state index in [1.807, 2.05) is 0 Å². The fraction of sp³-hybridized carbons (Fsp3) is 0.889. The Bertz CT molecular complexity index is 152. The van der Waals surface area contributed by atoms with Crippen LogP contribution < -0.4 is 0 Å². The van der Waals surface area contributed by atoms with Crippen LogP contribution in [-0.4, -0.2) is 5.78 Å². The van der Waals surface area contributed by atoms with Crippen LogP contribution in [0.2, 0.25) is 0 Å². The molecule has 58 valence electrons. The first-order valence-corrected chi connectivity index (χ1v) is 4.36. The summed E-state index contributed by atoms with van der Waals surface area (Å²) in [5.74, 6) is 2.29. The standard InChI is InChI=1S/C9H14O.H2/c10-9-4-3-8(6-9)5-7-1-2-7;/h7-8H,1-6H2;1H. The number of hydrogen-bond acceptors (Lipinski definition) is 1. The molecule has 2 aliphatic carbocycles. The highest BCUT2D eigenvalue weighted by atomic mass is 16.1. The summed E-state index contributed by atoms with van der Waals surface area (Å²) in [4.78, 5) is 10.9. The average molecular weight is 140 g/mol. The van der Waals surface area contributed by atoms with Gasteiger partial charge in [0, 0.05) is 14.3 Å². The quantitative estimate of drug-likeness (QED) is 0.575. The van der Waals surface area contributed by atoms with Gasteiger partial charge in [0.2, 0.25) is 0 Å². The summed E-state index contributed by atoms with van der Waals surface area (Å²) in [6.45, 7) is 0. The van der Waals surface area contributed by atoms with Crippen molar-refractivity contribution in [3.63, 3.8) is 0 Å². The molecule has 0 aliphatic heterocycles. The molecule has 0 bridgehead atoms.